The Hall–Kier alpha value is -2.14. The number of nitrogens with zero attached hydrogens (tertiary/aromatic N) is 3. The quantitative estimate of drug-likeness (QED) is 0.743. The van der Waals surface area contributed by atoms with Crippen LogP contribution in [0.3, 0.4) is 0 Å². The van der Waals surface area contributed by atoms with Crippen molar-refractivity contribution in [1.82, 2.24) is 14.8 Å². The summed E-state index contributed by atoms with van der Waals surface area (Å²) in [5.41, 5.74) is 0.778. The molecular formula is C12H11N3O2. The predicted octanol–water partition coefficient (Wildman–Crippen LogP) is 1.76. The molecule has 0 radical (unpaired) electrons. The number of rotatable bonds is 3. The van der Waals surface area contributed by atoms with Crippen LogP contribution in [0.25, 0.3) is 11.0 Å². The second-order valence-electron chi connectivity index (χ2n) is 3.82. The molecule has 0 saturated carbocycles. The Balaban J connectivity index is 1.88. The van der Waals surface area contributed by atoms with E-state index >= 15 is 0 Å². The summed E-state index contributed by atoms with van der Waals surface area (Å²) < 4.78 is 7.13. The Kier molecular flexibility index (Phi) is 2.38. The van der Waals surface area contributed by atoms with Crippen molar-refractivity contribution < 1.29 is 9.52 Å². The molecule has 0 fully saturated rings. The van der Waals surface area contributed by atoms with Gasteiger partial charge in [-0.05, 0) is 12.1 Å². The van der Waals surface area contributed by atoms with E-state index in [0.717, 1.165) is 11.0 Å². The highest BCUT2D eigenvalue weighted by atomic mass is 16.4. The molecule has 0 amide bonds. The summed E-state index contributed by atoms with van der Waals surface area (Å²) in [5.74, 6) is 0.543. The van der Waals surface area contributed by atoms with Crippen LogP contribution in [-0.2, 0) is 6.54 Å². The summed E-state index contributed by atoms with van der Waals surface area (Å²) in [5, 5.41) is 14.9. The lowest BCUT2D eigenvalue weighted by Gasteiger charge is -2.06. The zero-order valence-corrected chi connectivity index (χ0v) is 9.02. The molecule has 0 aliphatic carbocycles. The summed E-state index contributed by atoms with van der Waals surface area (Å²) in [7, 11) is 0. The van der Waals surface area contributed by atoms with Gasteiger partial charge < -0.3 is 9.52 Å². The Bertz CT molecular complexity index is 583. The molecule has 0 aliphatic rings. The van der Waals surface area contributed by atoms with E-state index in [0.29, 0.717) is 12.3 Å². The van der Waals surface area contributed by atoms with Gasteiger partial charge in [-0.25, -0.2) is 9.67 Å². The number of fused-ring (bicyclic) bond motifs is 1. The molecule has 1 aromatic carbocycles. The molecular weight excluding hydrogens is 218 g/mol. The summed E-state index contributed by atoms with van der Waals surface area (Å²) in [6.07, 6.45) is 2.28. The molecule has 0 aliphatic heterocycles. The Labute approximate surface area is 97.3 Å². The van der Waals surface area contributed by atoms with E-state index in [1.807, 2.05) is 30.3 Å². The van der Waals surface area contributed by atoms with Gasteiger partial charge in [0, 0.05) is 5.39 Å². The van der Waals surface area contributed by atoms with Gasteiger partial charge in [0.2, 0.25) is 0 Å². The second-order valence-corrected chi connectivity index (χ2v) is 3.82. The lowest BCUT2D eigenvalue weighted by Crippen LogP contribution is -2.08. The van der Waals surface area contributed by atoms with E-state index in [2.05, 4.69) is 10.1 Å². The van der Waals surface area contributed by atoms with Gasteiger partial charge in [-0.15, -0.1) is 0 Å². The van der Waals surface area contributed by atoms with Crippen LogP contribution >= 0.6 is 0 Å². The molecule has 17 heavy (non-hydrogen) atoms. The zero-order valence-electron chi connectivity index (χ0n) is 9.02. The molecule has 1 unspecified atom stereocenters. The first-order valence-electron chi connectivity index (χ1n) is 5.32. The number of aromatic nitrogens is 3. The van der Waals surface area contributed by atoms with Crippen LogP contribution in [0, 0.1) is 0 Å². The molecule has 0 spiro atoms. The molecule has 5 nitrogen and oxygen atoms in total. The van der Waals surface area contributed by atoms with Crippen molar-refractivity contribution in [2.24, 2.45) is 0 Å². The largest absolute Gasteiger partial charge is 0.458 e. The predicted molar refractivity (Wildman–Crippen MR) is 61.2 cm³/mol. The average molecular weight is 229 g/mol. The molecule has 3 aromatic rings. The first-order chi connectivity index (χ1) is 8.33. The van der Waals surface area contributed by atoms with E-state index in [1.54, 1.807) is 11.0 Å². The number of furan rings is 1. The third-order valence-electron chi connectivity index (χ3n) is 2.60. The van der Waals surface area contributed by atoms with E-state index in [-0.39, 0.29) is 0 Å². The second kappa shape index (κ2) is 4.03. The van der Waals surface area contributed by atoms with Crippen LogP contribution in [0.2, 0.25) is 0 Å². The van der Waals surface area contributed by atoms with E-state index in [4.69, 9.17) is 4.42 Å². The lowest BCUT2D eigenvalue weighted by atomic mass is 10.2. The van der Waals surface area contributed by atoms with Gasteiger partial charge in [0.15, 0.2) is 0 Å². The van der Waals surface area contributed by atoms with Crippen LogP contribution in [0.15, 0.2) is 47.4 Å². The van der Waals surface area contributed by atoms with E-state index in [9.17, 15) is 5.11 Å². The van der Waals surface area contributed by atoms with Gasteiger partial charge >= 0.3 is 0 Å². The van der Waals surface area contributed by atoms with Crippen LogP contribution in [0.4, 0.5) is 0 Å². The van der Waals surface area contributed by atoms with Crippen LogP contribution in [0.5, 0.6) is 0 Å². The van der Waals surface area contributed by atoms with Crippen LogP contribution in [-0.4, -0.2) is 19.9 Å². The maximum atomic E-state index is 10.0. The van der Waals surface area contributed by atoms with Gasteiger partial charge in [-0.2, -0.15) is 5.10 Å². The zero-order chi connectivity index (χ0) is 11.7. The maximum absolute atomic E-state index is 10.0. The van der Waals surface area contributed by atoms with E-state index in [1.165, 1.54) is 6.33 Å². The molecule has 0 saturated heterocycles. The molecule has 1 atom stereocenters. The number of hydrogen-bond donors (Lipinski definition) is 1. The van der Waals surface area contributed by atoms with E-state index < -0.39 is 6.10 Å². The Morgan fingerprint density at radius 3 is 3.00 bits per heavy atom. The highest BCUT2D eigenvalue weighted by molar-refractivity contribution is 5.77. The molecule has 0 bridgehead atoms. The topological polar surface area (TPSA) is 64.1 Å². The maximum Gasteiger partial charge on any atom is 0.137 e. The van der Waals surface area contributed by atoms with Crippen molar-refractivity contribution >= 4 is 11.0 Å². The monoisotopic (exact) mass is 229 g/mol. The van der Waals surface area contributed by atoms with Crippen LogP contribution in [0.1, 0.15) is 11.9 Å². The number of aliphatic hydroxyl groups is 1. The standard InChI is InChI=1S/C12H11N3O2/c16-10(6-15-8-13-7-14-15)12-5-9-3-1-2-4-11(9)17-12/h1-5,7-8,10,16H,6H2. The van der Waals surface area contributed by atoms with Crippen LogP contribution < -0.4 is 0 Å². The summed E-state index contributed by atoms with van der Waals surface area (Å²) in [4.78, 5) is 3.82. The highest BCUT2D eigenvalue weighted by Crippen LogP contribution is 2.24. The molecule has 1 N–H and O–H groups in total. The van der Waals surface area contributed by atoms with Crippen molar-refractivity contribution in [3.63, 3.8) is 0 Å². The van der Waals surface area contributed by atoms with Gasteiger partial charge in [0.05, 0.1) is 6.54 Å². The average Bonchev–Trinajstić information content (AvgIpc) is 2.96. The van der Waals surface area contributed by atoms with Crippen molar-refractivity contribution in [3.8, 4) is 0 Å². The number of hydrogen-bond acceptors (Lipinski definition) is 4. The number of aliphatic hydroxyl groups excluding tert-OH is 1. The summed E-state index contributed by atoms with van der Waals surface area (Å²) in [6.45, 7) is 0.333. The number of benzene rings is 1. The smallest absolute Gasteiger partial charge is 0.137 e. The SMILES string of the molecule is OC(Cn1cncn1)c1cc2ccccc2o1. The molecule has 2 heterocycles. The first-order valence-corrected chi connectivity index (χ1v) is 5.32. The van der Waals surface area contributed by atoms with Gasteiger partial charge in [0.1, 0.15) is 30.1 Å². The lowest BCUT2D eigenvalue weighted by molar-refractivity contribution is 0.128. The Morgan fingerprint density at radius 2 is 2.24 bits per heavy atom. The van der Waals surface area contributed by atoms with Crippen molar-refractivity contribution in [2.45, 2.75) is 12.6 Å². The molecule has 86 valence electrons. The summed E-state index contributed by atoms with van der Waals surface area (Å²) in [6, 6.07) is 9.51. The minimum Gasteiger partial charge on any atom is -0.458 e. The van der Waals surface area contributed by atoms with Crippen molar-refractivity contribution in [3.05, 3.63) is 48.7 Å². The van der Waals surface area contributed by atoms with Crippen molar-refractivity contribution in [1.29, 1.82) is 0 Å². The highest BCUT2D eigenvalue weighted by Gasteiger charge is 2.14. The fourth-order valence-electron chi connectivity index (χ4n) is 1.76. The Morgan fingerprint density at radius 1 is 1.35 bits per heavy atom. The normalized spacial score (nSPS) is 13.0. The first kappa shape index (κ1) is 10.0. The van der Waals surface area contributed by atoms with Crippen molar-refractivity contribution in [2.75, 3.05) is 0 Å². The minimum absolute atomic E-state index is 0.333. The minimum atomic E-state index is -0.718. The van der Waals surface area contributed by atoms with Gasteiger partial charge in [0.25, 0.3) is 0 Å². The number of para-hydroxylation sites is 1. The summed E-state index contributed by atoms with van der Waals surface area (Å²) >= 11 is 0. The molecule has 5 heteroatoms. The van der Waals surface area contributed by atoms with Gasteiger partial charge in [-0.1, -0.05) is 18.2 Å². The molecule has 3 rings (SSSR count). The van der Waals surface area contributed by atoms with Gasteiger partial charge in [-0.3, -0.25) is 0 Å². The molecule has 2 aromatic heterocycles. The fourth-order valence-corrected chi connectivity index (χ4v) is 1.76. The third-order valence-corrected chi connectivity index (χ3v) is 2.60. The fraction of sp³-hybridized carbons (Fsp3) is 0.167. The third kappa shape index (κ3) is 1.92.